The van der Waals surface area contributed by atoms with Crippen molar-refractivity contribution in [1.29, 1.82) is 0 Å². The molecule has 0 spiro atoms. The Morgan fingerprint density at radius 3 is 2.45 bits per heavy atom. The van der Waals surface area contributed by atoms with Gasteiger partial charge in [0.25, 0.3) is 5.91 Å². The number of anilines is 1. The Bertz CT molecular complexity index is 970. The van der Waals surface area contributed by atoms with Crippen LogP contribution in [0.25, 0.3) is 0 Å². The third-order valence-corrected chi connectivity index (χ3v) is 8.17. The SMILES string of the molecule is O=C(OCC(=O)N(C1CCCC1)C1CCS(=O)(=O)C1)c1ccccc1N1CCCC1=O. The van der Waals surface area contributed by atoms with Crippen LogP contribution >= 0.6 is 0 Å². The van der Waals surface area contributed by atoms with Crippen molar-refractivity contribution in [3.63, 3.8) is 0 Å². The molecule has 2 heterocycles. The molecule has 1 saturated carbocycles. The summed E-state index contributed by atoms with van der Waals surface area (Å²) in [6.45, 7) is 0.113. The van der Waals surface area contributed by atoms with Crippen LogP contribution in [-0.2, 0) is 24.2 Å². The number of nitrogens with zero attached hydrogens (tertiary/aromatic N) is 2. The third kappa shape index (κ3) is 4.76. The maximum Gasteiger partial charge on any atom is 0.340 e. The van der Waals surface area contributed by atoms with Gasteiger partial charge in [0, 0.05) is 25.0 Å². The van der Waals surface area contributed by atoms with E-state index in [9.17, 15) is 22.8 Å². The standard InChI is InChI=1S/C22H28N2O6S/c25-20-10-5-12-23(20)19-9-4-3-8-18(19)22(27)30-14-21(26)24(16-6-1-2-7-16)17-11-13-31(28,29)15-17/h3-4,8-9,16-17H,1-2,5-7,10-15H2. The molecule has 1 aromatic rings. The average Bonchev–Trinajstić information content (AvgIpc) is 3.49. The normalized spacial score (nSPS) is 23.3. The number of hydrogen-bond donors (Lipinski definition) is 0. The lowest BCUT2D eigenvalue weighted by atomic mass is 10.1. The van der Waals surface area contributed by atoms with Crippen LogP contribution < -0.4 is 4.90 Å². The van der Waals surface area contributed by atoms with Gasteiger partial charge < -0.3 is 14.5 Å². The highest BCUT2D eigenvalue weighted by Crippen LogP contribution is 2.30. The Balaban J connectivity index is 1.46. The summed E-state index contributed by atoms with van der Waals surface area (Å²) in [6, 6.07) is 6.39. The monoisotopic (exact) mass is 448 g/mol. The van der Waals surface area contributed by atoms with Crippen molar-refractivity contribution in [2.45, 2.75) is 57.0 Å². The molecule has 1 aromatic carbocycles. The topological polar surface area (TPSA) is 101 Å². The van der Waals surface area contributed by atoms with Gasteiger partial charge in [-0.05, 0) is 37.8 Å². The summed E-state index contributed by atoms with van der Waals surface area (Å²) in [7, 11) is -3.14. The highest BCUT2D eigenvalue weighted by Gasteiger charge is 2.39. The van der Waals surface area contributed by atoms with Gasteiger partial charge in [0.2, 0.25) is 5.91 Å². The first kappa shape index (κ1) is 21.8. The minimum absolute atomic E-state index is 0.000917. The molecule has 4 rings (SSSR count). The maximum atomic E-state index is 13.0. The minimum Gasteiger partial charge on any atom is -0.452 e. The van der Waals surface area contributed by atoms with E-state index in [1.807, 2.05) is 0 Å². The van der Waals surface area contributed by atoms with E-state index in [4.69, 9.17) is 4.74 Å². The van der Waals surface area contributed by atoms with Crippen LogP contribution in [0.5, 0.6) is 0 Å². The smallest absolute Gasteiger partial charge is 0.340 e. The predicted octanol–water partition coefficient (Wildman–Crippen LogP) is 1.93. The molecule has 9 heteroatoms. The van der Waals surface area contributed by atoms with E-state index in [0.717, 1.165) is 32.1 Å². The molecule has 0 N–H and O–H groups in total. The van der Waals surface area contributed by atoms with E-state index in [1.165, 1.54) is 0 Å². The minimum atomic E-state index is -3.14. The van der Waals surface area contributed by atoms with Crippen LogP contribution in [0.15, 0.2) is 24.3 Å². The van der Waals surface area contributed by atoms with Gasteiger partial charge in [-0.15, -0.1) is 0 Å². The van der Waals surface area contributed by atoms with E-state index in [0.29, 0.717) is 25.1 Å². The maximum absolute atomic E-state index is 13.0. The molecule has 2 aliphatic heterocycles. The summed E-state index contributed by atoms with van der Waals surface area (Å²) >= 11 is 0. The molecule has 0 radical (unpaired) electrons. The summed E-state index contributed by atoms with van der Waals surface area (Å²) in [5, 5.41) is 0. The molecule has 2 amide bonds. The number of ether oxygens (including phenoxy) is 1. The van der Waals surface area contributed by atoms with Gasteiger partial charge in [0.05, 0.1) is 22.8 Å². The second-order valence-corrected chi connectivity index (χ2v) is 10.8. The first-order chi connectivity index (χ1) is 14.9. The summed E-state index contributed by atoms with van der Waals surface area (Å²) in [6.07, 6.45) is 5.31. The Kier molecular flexibility index (Phi) is 6.31. The summed E-state index contributed by atoms with van der Waals surface area (Å²) in [5.41, 5.74) is 0.749. The highest BCUT2D eigenvalue weighted by molar-refractivity contribution is 7.91. The van der Waals surface area contributed by atoms with E-state index in [2.05, 4.69) is 0 Å². The van der Waals surface area contributed by atoms with Crippen molar-refractivity contribution >= 4 is 33.3 Å². The van der Waals surface area contributed by atoms with Crippen LogP contribution in [0.2, 0.25) is 0 Å². The molecule has 1 aliphatic carbocycles. The van der Waals surface area contributed by atoms with Crippen molar-refractivity contribution in [3.8, 4) is 0 Å². The van der Waals surface area contributed by atoms with Crippen molar-refractivity contribution < 1.29 is 27.5 Å². The fraction of sp³-hybridized carbons (Fsp3) is 0.591. The van der Waals surface area contributed by atoms with Gasteiger partial charge in [0.1, 0.15) is 0 Å². The highest BCUT2D eigenvalue weighted by atomic mass is 32.2. The zero-order valence-corrected chi connectivity index (χ0v) is 18.3. The summed E-state index contributed by atoms with van der Waals surface area (Å²) in [4.78, 5) is 41.2. The molecule has 3 fully saturated rings. The van der Waals surface area contributed by atoms with E-state index >= 15 is 0 Å². The molecule has 168 valence electrons. The number of amides is 2. The number of benzene rings is 1. The fourth-order valence-corrected chi connectivity index (χ4v) is 6.66. The Morgan fingerprint density at radius 2 is 1.81 bits per heavy atom. The van der Waals surface area contributed by atoms with Crippen molar-refractivity contribution in [2.24, 2.45) is 0 Å². The van der Waals surface area contributed by atoms with Gasteiger partial charge >= 0.3 is 5.97 Å². The number of hydrogen-bond acceptors (Lipinski definition) is 6. The lowest BCUT2D eigenvalue weighted by Gasteiger charge is -2.33. The molecule has 1 atom stereocenters. The predicted molar refractivity (Wildman–Crippen MR) is 114 cm³/mol. The molecule has 31 heavy (non-hydrogen) atoms. The number of para-hydroxylation sites is 1. The largest absolute Gasteiger partial charge is 0.452 e. The lowest BCUT2D eigenvalue weighted by molar-refractivity contribution is -0.139. The van der Waals surface area contributed by atoms with Crippen molar-refractivity contribution in [1.82, 2.24) is 4.90 Å². The van der Waals surface area contributed by atoms with Gasteiger partial charge in [-0.3, -0.25) is 9.59 Å². The van der Waals surface area contributed by atoms with Crippen LogP contribution in [0.4, 0.5) is 5.69 Å². The second kappa shape index (κ2) is 8.98. The second-order valence-electron chi connectivity index (χ2n) is 8.54. The Labute approximate surface area is 182 Å². The first-order valence-electron chi connectivity index (χ1n) is 10.9. The molecule has 3 aliphatic rings. The Morgan fingerprint density at radius 1 is 1.06 bits per heavy atom. The summed E-state index contributed by atoms with van der Waals surface area (Å²) < 4.78 is 29.3. The van der Waals surface area contributed by atoms with Crippen LogP contribution in [-0.4, -0.2) is 67.8 Å². The quantitative estimate of drug-likeness (QED) is 0.617. The van der Waals surface area contributed by atoms with E-state index < -0.39 is 22.4 Å². The van der Waals surface area contributed by atoms with Crippen LogP contribution in [0.3, 0.4) is 0 Å². The van der Waals surface area contributed by atoms with E-state index in [1.54, 1.807) is 34.1 Å². The number of carbonyl (C=O) groups excluding carboxylic acids is 3. The molecular weight excluding hydrogens is 420 g/mol. The van der Waals surface area contributed by atoms with Gasteiger partial charge in [0.15, 0.2) is 16.4 Å². The van der Waals surface area contributed by atoms with E-state index in [-0.39, 0.29) is 41.0 Å². The molecule has 0 bridgehead atoms. The van der Waals surface area contributed by atoms with Gasteiger partial charge in [-0.25, -0.2) is 13.2 Å². The molecule has 0 aromatic heterocycles. The lowest BCUT2D eigenvalue weighted by Crippen LogP contribution is -2.48. The number of esters is 1. The van der Waals surface area contributed by atoms with Crippen LogP contribution in [0, 0.1) is 0 Å². The average molecular weight is 449 g/mol. The van der Waals surface area contributed by atoms with Gasteiger partial charge in [-0.1, -0.05) is 25.0 Å². The summed E-state index contributed by atoms with van der Waals surface area (Å²) in [5.74, 6) is -0.980. The molecule has 1 unspecified atom stereocenters. The van der Waals surface area contributed by atoms with Crippen molar-refractivity contribution in [2.75, 3.05) is 29.6 Å². The van der Waals surface area contributed by atoms with Crippen molar-refractivity contribution in [3.05, 3.63) is 29.8 Å². The molecule has 2 saturated heterocycles. The molecule has 8 nitrogen and oxygen atoms in total. The number of carbonyl (C=O) groups is 3. The fourth-order valence-electron chi connectivity index (χ4n) is 4.95. The number of sulfone groups is 1. The third-order valence-electron chi connectivity index (χ3n) is 6.42. The van der Waals surface area contributed by atoms with Crippen LogP contribution in [0.1, 0.15) is 55.3 Å². The Hall–Kier alpha value is -2.42. The number of rotatable bonds is 6. The zero-order chi connectivity index (χ0) is 22.0. The first-order valence-corrected chi connectivity index (χ1v) is 12.8. The molecular formula is C22H28N2O6S. The van der Waals surface area contributed by atoms with Gasteiger partial charge in [-0.2, -0.15) is 0 Å². The zero-order valence-electron chi connectivity index (χ0n) is 17.5.